The molecule has 4 aromatic carbocycles. The summed E-state index contributed by atoms with van der Waals surface area (Å²) in [4.78, 5) is 12.5. The fourth-order valence-electron chi connectivity index (χ4n) is 2.66. The van der Waals surface area contributed by atoms with Crippen LogP contribution < -0.4 is 10.6 Å². The molecule has 0 aliphatic carbocycles. The molecule has 0 aliphatic heterocycles. The normalized spacial score (nSPS) is 9.81. The summed E-state index contributed by atoms with van der Waals surface area (Å²) >= 11 is 0. The Morgan fingerprint density at radius 3 is 1.52 bits per heavy atom. The fraction of sp³-hybridized carbons (Fsp3) is 0.0417. The third-order valence-electron chi connectivity index (χ3n) is 3.98. The van der Waals surface area contributed by atoms with Crippen molar-refractivity contribution in [2.75, 3.05) is 6.16 Å². The van der Waals surface area contributed by atoms with Crippen molar-refractivity contribution in [1.29, 1.82) is 0 Å². The molecule has 0 spiro atoms. The zero-order valence-corrected chi connectivity index (χ0v) is 16.9. The molecule has 0 amide bonds. The van der Waals surface area contributed by atoms with Crippen molar-refractivity contribution in [2.24, 2.45) is 0 Å². The number of Topliss-reactive ketones (excluding diaryl/α,β-unsaturated/α-hetero) is 1. The maximum Gasteiger partial charge on any atom is 0.113 e. The topological polar surface area (TPSA) is 17.1 Å². The van der Waals surface area contributed by atoms with Gasteiger partial charge in [-0.15, -0.1) is 0 Å². The van der Waals surface area contributed by atoms with E-state index in [0.717, 1.165) is 5.56 Å². The molecule has 0 unspecified atom stereocenters. The molecular weight excluding hydrogens is 391 g/mol. The molecule has 0 saturated heterocycles. The monoisotopic (exact) mass is 412 g/mol. The quantitative estimate of drug-likeness (QED) is 0.192. The van der Waals surface area contributed by atoms with Crippen molar-refractivity contribution in [1.82, 2.24) is 0 Å². The van der Waals surface area contributed by atoms with Crippen molar-refractivity contribution in [2.45, 2.75) is 0 Å². The van der Waals surface area contributed by atoms with Crippen LogP contribution >= 0.6 is 7.92 Å². The summed E-state index contributed by atoms with van der Waals surface area (Å²) in [6.07, 6.45) is 0.563. The van der Waals surface area contributed by atoms with Crippen LogP contribution in [0.3, 0.4) is 0 Å². The van der Waals surface area contributed by atoms with E-state index in [1.807, 2.05) is 91.0 Å². The largest absolute Gasteiger partial charge is 0.748 e. The van der Waals surface area contributed by atoms with Gasteiger partial charge in [0.25, 0.3) is 0 Å². The summed E-state index contributed by atoms with van der Waals surface area (Å²) in [6.45, 7) is 0. The molecule has 0 saturated carbocycles. The summed E-state index contributed by atoms with van der Waals surface area (Å²) in [6, 6.07) is 38.3. The standard InChI is InChI=1S/C19H16OP.C5H5.Fe/c20-19(16-9-7-8-10-16)15-21(17-11-3-1-4-12-17)18-13-5-2-6-14-18;1-2-4-5-3-1;/h1-14H,15H2;1-5H;/q-1;-5;. The van der Waals surface area contributed by atoms with Gasteiger partial charge in [0, 0.05) is 23.2 Å². The van der Waals surface area contributed by atoms with Crippen LogP contribution in [0.5, 0.6) is 0 Å². The summed E-state index contributed by atoms with van der Waals surface area (Å²) in [5.74, 6) is 0.221. The molecular formula is C24H21FeOP-6. The van der Waals surface area contributed by atoms with Gasteiger partial charge in [0.05, 0.1) is 0 Å². The molecule has 3 heteroatoms. The molecule has 142 valence electrons. The van der Waals surface area contributed by atoms with E-state index < -0.39 is 7.92 Å². The predicted molar refractivity (Wildman–Crippen MR) is 112 cm³/mol. The van der Waals surface area contributed by atoms with Crippen LogP contribution in [0, 0.1) is 0 Å². The Bertz CT molecular complexity index is 812. The fourth-order valence-corrected chi connectivity index (χ4v) is 4.86. The van der Waals surface area contributed by atoms with Gasteiger partial charge in [-0.2, -0.15) is 12.1 Å². The first-order valence-electron chi connectivity index (χ1n) is 8.64. The van der Waals surface area contributed by atoms with Gasteiger partial charge in [-0.05, 0) is 18.5 Å². The molecule has 0 heterocycles. The number of hydrogen-bond donors (Lipinski definition) is 0. The van der Waals surface area contributed by atoms with E-state index in [4.69, 9.17) is 0 Å². The van der Waals surface area contributed by atoms with E-state index >= 15 is 0 Å². The van der Waals surface area contributed by atoms with E-state index in [2.05, 4.69) is 24.3 Å². The van der Waals surface area contributed by atoms with Crippen LogP contribution in [0.1, 0.15) is 10.4 Å². The molecule has 0 radical (unpaired) electrons. The minimum Gasteiger partial charge on any atom is -0.748 e. The molecule has 0 aromatic heterocycles. The third-order valence-corrected chi connectivity index (χ3v) is 6.42. The van der Waals surface area contributed by atoms with Crippen LogP contribution in [0.2, 0.25) is 0 Å². The Morgan fingerprint density at radius 2 is 1.11 bits per heavy atom. The molecule has 0 N–H and O–H groups in total. The molecule has 0 fully saturated rings. The zero-order valence-electron chi connectivity index (χ0n) is 14.9. The van der Waals surface area contributed by atoms with Crippen LogP contribution in [0.25, 0.3) is 0 Å². The molecule has 0 aliphatic rings. The number of carbonyl (C=O) groups is 1. The Balaban J connectivity index is 0.000000379. The van der Waals surface area contributed by atoms with Gasteiger partial charge >= 0.3 is 0 Å². The van der Waals surface area contributed by atoms with Crippen molar-refractivity contribution in [3.05, 3.63) is 121 Å². The molecule has 1 nitrogen and oxygen atoms in total. The van der Waals surface area contributed by atoms with Gasteiger partial charge in [-0.1, -0.05) is 66.2 Å². The maximum absolute atomic E-state index is 12.5. The summed E-state index contributed by atoms with van der Waals surface area (Å²) in [5.41, 5.74) is 0.814. The van der Waals surface area contributed by atoms with E-state index in [1.165, 1.54) is 10.6 Å². The van der Waals surface area contributed by atoms with Crippen LogP contribution in [-0.4, -0.2) is 11.9 Å². The van der Waals surface area contributed by atoms with Gasteiger partial charge in [0.1, 0.15) is 5.78 Å². The van der Waals surface area contributed by atoms with Gasteiger partial charge in [-0.3, -0.25) is 0 Å². The van der Waals surface area contributed by atoms with E-state index in [0.29, 0.717) is 6.16 Å². The van der Waals surface area contributed by atoms with E-state index in [1.54, 1.807) is 0 Å². The number of hydrogen-bond acceptors (Lipinski definition) is 1. The molecule has 27 heavy (non-hydrogen) atoms. The smallest absolute Gasteiger partial charge is 0.113 e. The predicted octanol–water partition coefficient (Wildman–Crippen LogP) is 5.12. The second kappa shape index (κ2) is 11.5. The van der Waals surface area contributed by atoms with Gasteiger partial charge in [0.2, 0.25) is 0 Å². The van der Waals surface area contributed by atoms with Gasteiger partial charge in [0.15, 0.2) is 0 Å². The minimum atomic E-state index is -0.645. The van der Waals surface area contributed by atoms with Crippen molar-refractivity contribution >= 4 is 24.3 Å². The number of rotatable bonds is 5. The molecule has 4 aromatic rings. The van der Waals surface area contributed by atoms with Crippen molar-refractivity contribution in [3.63, 3.8) is 0 Å². The Morgan fingerprint density at radius 1 is 0.704 bits per heavy atom. The van der Waals surface area contributed by atoms with E-state index in [9.17, 15) is 4.79 Å². The van der Waals surface area contributed by atoms with Crippen LogP contribution in [-0.2, 0) is 17.1 Å². The molecule has 4 rings (SSSR count). The Labute approximate surface area is 173 Å². The van der Waals surface area contributed by atoms with E-state index in [-0.39, 0.29) is 22.9 Å². The number of carbonyl (C=O) groups excluding carboxylic acids is 1. The first kappa shape index (κ1) is 21.1. The average molecular weight is 412 g/mol. The third kappa shape index (κ3) is 6.45. The molecule has 0 atom stereocenters. The van der Waals surface area contributed by atoms with Gasteiger partial charge < -0.3 is 35.1 Å². The summed E-state index contributed by atoms with van der Waals surface area (Å²) in [7, 11) is -0.645. The number of benzene rings is 2. The SMILES string of the molecule is O=C(CP(c1ccccc1)c1ccccc1)[c-]1cccc1.[Fe].[cH-]1[cH-][cH-][cH-][cH-]1. The van der Waals surface area contributed by atoms with Crippen molar-refractivity contribution < 1.29 is 21.9 Å². The average Bonchev–Trinajstić information content (AvgIpc) is 3.44. The van der Waals surface area contributed by atoms with Crippen LogP contribution in [0.4, 0.5) is 0 Å². The maximum atomic E-state index is 12.5. The molecule has 0 bridgehead atoms. The Hall–Kier alpha value is -2.24. The number of ketones is 1. The summed E-state index contributed by atoms with van der Waals surface area (Å²) < 4.78 is 0. The summed E-state index contributed by atoms with van der Waals surface area (Å²) in [5, 5.41) is 2.50. The first-order chi connectivity index (χ1) is 12.8. The zero-order chi connectivity index (χ0) is 18.0. The first-order valence-corrected chi connectivity index (χ1v) is 10.2. The minimum absolute atomic E-state index is 0. The van der Waals surface area contributed by atoms with Gasteiger partial charge in [-0.25, -0.2) is 12.1 Å². The Kier molecular flexibility index (Phi) is 8.95. The van der Waals surface area contributed by atoms with Crippen LogP contribution in [0.15, 0.2) is 115 Å². The second-order valence-corrected chi connectivity index (χ2v) is 8.02. The van der Waals surface area contributed by atoms with Crippen molar-refractivity contribution in [3.8, 4) is 0 Å². The second-order valence-electron chi connectivity index (χ2n) is 5.82.